The number of guanidine groups is 1. The van der Waals surface area contributed by atoms with Crippen LogP contribution in [0.1, 0.15) is 32.2 Å². The summed E-state index contributed by atoms with van der Waals surface area (Å²) in [5.74, 6) is 2.70. The number of hydrogen-bond acceptors (Lipinski definition) is 5. The predicted octanol–water partition coefficient (Wildman–Crippen LogP) is 3.06. The van der Waals surface area contributed by atoms with Gasteiger partial charge in [0.1, 0.15) is 6.54 Å². The maximum absolute atomic E-state index is 5.90. The monoisotopic (exact) mass is 413 g/mol. The average molecular weight is 414 g/mol. The Bertz CT molecular complexity index is 794. The highest BCUT2D eigenvalue weighted by Gasteiger charge is 2.23. The highest BCUT2D eigenvalue weighted by molar-refractivity contribution is 5.79. The van der Waals surface area contributed by atoms with Gasteiger partial charge in [0.25, 0.3) is 0 Å². The highest BCUT2D eigenvalue weighted by atomic mass is 16.5. The molecule has 0 radical (unpaired) electrons. The lowest BCUT2D eigenvalue weighted by Crippen LogP contribution is -2.52. The molecule has 30 heavy (non-hydrogen) atoms. The topological polar surface area (TPSA) is 74.9 Å². The van der Waals surface area contributed by atoms with Crippen molar-refractivity contribution >= 4 is 5.96 Å². The molecule has 3 rings (SSSR count). The maximum Gasteiger partial charge on any atom is 0.216 e. The molecule has 2 N–H and O–H groups in total. The molecule has 0 bridgehead atoms. The van der Waals surface area contributed by atoms with Crippen molar-refractivity contribution < 1.29 is 9.15 Å². The van der Waals surface area contributed by atoms with Gasteiger partial charge in [-0.2, -0.15) is 0 Å². The van der Waals surface area contributed by atoms with Crippen LogP contribution in [0.15, 0.2) is 39.9 Å². The number of morpholine rings is 1. The van der Waals surface area contributed by atoms with E-state index in [4.69, 9.17) is 9.15 Å². The van der Waals surface area contributed by atoms with E-state index in [1.165, 1.54) is 5.56 Å². The molecule has 1 unspecified atom stereocenters. The summed E-state index contributed by atoms with van der Waals surface area (Å²) in [5.41, 5.74) is 2.25. The third kappa shape index (κ3) is 6.31. The number of hydrogen-bond donors (Lipinski definition) is 2. The fourth-order valence-corrected chi connectivity index (χ4v) is 3.62. The summed E-state index contributed by atoms with van der Waals surface area (Å²) in [4.78, 5) is 11.6. The number of aliphatic imine (C=N–C) groups is 1. The molecule has 1 saturated heterocycles. The van der Waals surface area contributed by atoms with Crippen LogP contribution in [0, 0.1) is 12.8 Å². The molecular formula is C23H35N5O2. The van der Waals surface area contributed by atoms with Crippen LogP contribution in [-0.4, -0.2) is 61.3 Å². The second kappa shape index (κ2) is 11.1. The largest absolute Gasteiger partial charge is 0.439 e. The number of ether oxygens (including phenoxy) is 1. The van der Waals surface area contributed by atoms with Gasteiger partial charge < -0.3 is 19.8 Å². The summed E-state index contributed by atoms with van der Waals surface area (Å²) in [7, 11) is 0. The molecule has 2 aromatic rings. The van der Waals surface area contributed by atoms with Gasteiger partial charge in [-0.05, 0) is 19.8 Å². The van der Waals surface area contributed by atoms with Crippen LogP contribution in [0.3, 0.4) is 0 Å². The highest BCUT2D eigenvalue weighted by Crippen LogP contribution is 2.21. The molecule has 1 aliphatic heterocycles. The first-order chi connectivity index (χ1) is 14.6. The van der Waals surface area contributed by atoms with Crippen molar-refractivity contribution in [3.8, 4) is 11.3 Å². The van der Waals surface area contributed by atoms with E-state index < -0.39 is 0 Å². The van der Waals surface area contributed by atoms with E-state index in [0.29, 0.717) is 24.4 Å². The molecular weight excluding hydrogens is 378 g/mol. The smallest absolute Gasteiger partial charge is 0.216 e. The quantitative estimate of drug-likeness (QED) is 0.512. The number of nitrogens with one attached hydrogen (secondary N) is 2. The molecule has 1 fully saturated rings. The first-order valence-electron chi connectivity index (χ1n) is 10.9. The summed E-state index contributed by atoms with van der Waals surface area (Å²) in [6.07, 6.45) is 1.77. The molecule has 1 aliphatic rings. The van der Waals surface area contributed by atoms with Gasteiger partial charge in [0.05, 0.1) is 19.4 Å². The van der Waals surface area contributed by atoms with Gasteiger partial charge in [-0.15, -0.1) is 0 Å². The predicted molar refractivity (Wildman–Crippen MR) is 121 cm³/mol. The number of aromatic nitrogens is 1. The standard InChI is InChI=1S/C23H35N5O2/c1-5-24-23(26-14-20(17(2)3)28-10-12-29-13-11-28)27-16-22-25-15-21(30-22)19-8-6-18(4)7-9-19/h6-9,15,17,20H,5,10-14,16H2,1-4H3,(H2,24,26,27). The average Bonchev–Trinajstić information content (AvgIpc) is 3.22. The van der Waals surface area contributed by atoms with Crippen LogP contribution in [0.5, 0.6) is 0 Å². The van der Waals surface area contributed by atoms with E-state index in [1.54, 1.807) is 6.20 Å². The van der Waals surface area contributed by atoms with E-state index in [1.807, 2.05) is 12.1 Å². The summed E-state index contributed by atoms with van der Waals surface area (Å²) >= 11 is 0. The lowest BCUT2D eigenvalue weighted by atomic mass is 10.0. The molecule has 1 atom stereocenters. The molecule has 7 nitrogen and oxygen atoms in total. The Morgan fingerprint density at radius 1 is 1.17 bits per heavy atom. The normalized spacial score (nSPS) is 16.6. The summed E-state index contributed by atoms with van der Waals surface area (Å²) < 4.78 is 11.4. The number of oxazole rings is 1. The minimum atomic E-state index is 0.394. The van der Waals surface area contributed by atoms with E-state index in [-0.39, 0.29) is 0 Å². The molecule has 2 heterocycles. The van der Waals surface area contributed by atoms with Gasteiger partial charge in [-0.1, -0.05) is 43.7 Å². The zero-order valence-electron chi connectivity index (χ0n) is 18.6. The summed E-state index contributed by atoms with van der Waals surface area (Å²) in [6, 6.07) is 8.68. The molecule has 0 spiro atoms. The Kier molecular flexibility index (Phi) is 8.28. The number of nitrogens with zero attached hydrogens (tertiary/aromatic N) is 3. The Balaban J connectivity index is 1.60. The SMILES string of the molecule is CCNC(=NCc1ncc(-c2ccc(C)cc2)o1)NCC(C(C)C)N1CCOCC1. The minimum absolute atomic E-state index is 0.394. The third-order valence-corrected chi connectivity index (χ3v) is 5.37. The Morgan fingerprint density at radius 2 is 1.90 bits per heavy atom. The molecule has 0 amide bonds. The van der Waals surface area contributed by atoms with Gasteiger partial charge in [-0.3, -0.25) is 4.90 Å². The van der Waals surface area contributed by atoms with Crippen molar-refractivity contribution in [3.05, 3.63) is 41.9 Å². The fraction of sp³-hybridized carbons (Fsp3) is 0.565. The number of benzene rings is 1. The third-order valence-electron chi connectivity index (χ3n) is 5.37. The lowest BCUT2D eigenvalue weighted by Gasteiger charge is -2.37. The van der Waals surface area contributed by atoms with Crippen molar-refractivity contribution in [3.63, 3.8) is 0 Å². The fourth-order valence-electron chi connectivity index (χ4n) is 3.62. The van der Waals surface area contributed by atoms with Gasteiger partial charge in [-0.25, -0.2) is 9.98 Å². The van der Waals surface area contributed by atoms with Gasteiger partial charge in [0, 0.05) is 37.8 Å². The zero-order chi connectivity index (χ0) is 21.3. The lowest BCUT2D eigenvalue weighted by molar-refractivity contribution is 0.00752. The van der Waals surface area contributed by atoms with Gasteiger partial charge in [0.15, 0.2) is 11.7 Å². The van der Waals surface area contributed by atoms with Crippen molar-refractivity contribution in [2.45, 2.75) is 40.3 Å². The first-order valence-corrected chi connectivity index (χ1v) is 10.9. The zero-order valence-corrected chi connectivity index (χ0v) is 18.6. The van der Waals surface area contributed by atoms with Crippen LogP contribution < -0.4 is 10.6 Å². The summed E-state index contributed by atoms with van der Waals surface area (Å²) in [5, 5.41) is 6.82. The van der Waals surface area contributed by atoms with E-state index in [9.17, 15) is 0 Å². The maximum atomic E-state index is 5.90. The van der Waals surface area contributed by atoms with Crippen molar-refractivity contribution in [2.24, 2.45) is 10.9 Å². The van der Waals surface area contributed by atoms with Crippen LogP contribution in [0.25, 0.3) is 11.3 Å². The molecule has 0 saturated carbocycles. The number of aryl methyl sites for hydroxylation is 1. The van der Waals surface area contributed by atoms with Crippen molar-refractivity contribution in [1.29, 1.82) is 0 Å². The second-order valence-electron chi connectivity index (χ2n) is 8.02. The Hall–Kier alpha value is -2.38. The first kappa shape index (κ1) is 22.3. The van der Waals surface area contributed by atoms with Gasteiger partial charge in [0.2, 0.25) is 5.89 Å². The van der Waals surface area contributed by atoms with Crippen LogP contribution >= 0.6 is 0 Å². The molecule has 164 valence electrons. The van der Waals surface area contributed by atoms with E-state index in [0.717, 1.165) is 56.7 Å². The van der Waals surface area contributed by atoms with E-state index >= 15 is 0 Å². The van der Waals surface area contributed by atoms with E-state index in [2.05, 4.69) is 65.3 Å². The van der Waals surface area contributed by atoms with Crippen LogP contribution in [0.2, 0.25) is 0 Å². The Labute approximate surface area is 179 Å². The van der Waals surface area contributed by atoms with Crippen molar-refractivity contribution in [1.82, 2.24) is 20.5 Å². The number of rotatable bonds is 8. The molecule has 7 heteroatoms. The molecule has 1 aromatic carbocycles. The van der Waals surface area contributed by atoms with Crippen LogP contribution in [-0.2, 0) is 11.3 Å². The minimum Gasteiger partial charge on any atom is -0.439 e. The van der Waals surface area contributed by atoms with Crippen molar-refractivity contribution in [2.75, 3.05) is 39.4 Å². The van der Waals surface area contributed by atoms with Gasteiger partial charge >= 0.3 is 0 Å². The molecule has 1 aromatic heterocycles. The molecule has 0 aliphatic carbocycles. The summed E-state index contributed by atoms with van der Waals surface area (Å²) in [6.45, 7) is 14.3. The second-order valence-corrected chi connectivity index (χ2v) is 8.02. The Morgan fingerprint density at radius 3 is 2.57 bits per heavy atom. The van der Waals surface area contributed by atoms with Crippen LogP contribution in [0.4, 0.5) is 0 Å².